The highest BCUT2D eigenvalue weighted by atomic mass is 32.1. The van der Waals surface area contributed by atoms with E-state index in [4.69, 9.17) is 4.74 Å². The van der Waals surface area contributed by atoms with Crippen molar-refractivity contribution in [3.63, 3.8) is 0 Å². The van der Waals surface area contributed by atoms with Crippen LogP contribution in [0, 0.1) is 0 Å². The van der Waals surface area contributed by atoms with Gasteiger partial charge in [-0.1, -0.05) is 48.9 Å². The average Bonchev–Trinajstić information content (AvgIpc) is 3.07. The van der Waals surface area contributed by atoms with Gasteiger partial charge in [-0.3, -0.25) is 9.69 Å². The largest absolute Gasteiger partial charge is 0.473 e. The first-order valence-corrected chi connectivity index (χ1v) is 10.1. The fourth-order valence-corrected chi connectivity index (χ4v) is 4.63. The molecule has 0 radical (unpaired) electrons. The molecule has 134 valence electrons. The van der Waals surface area contributed by atoms with E-state index in [1.54, 1.807) is 0 Å². The number of benzene rings is 2. The summed E-state index contributed by atoms with van der Waals surface area (Å²) in [7, 11) is 0. The fraction of sp³-hybridized carbons (Fsp3) is 0.318. The van der Waals surface area contributed by atoms with Crippen LogP contribution in [0.5, 0.6) is 5.75 Å². The molecule has 0 bridgehead atoms. The normalized spacial score (nSPS) is 16.5. The van der Waals surface area contributed by atoms with Gasteiger partial charge < -0.3 is 4.74 Å². The zero-order chi connectivity index (χ0) is 17.9. The molecule has 1 aliphatic heterocycles. The van der Waals surface area contributed by atoms with Crippen molar-refractivity contribution in [2.75, 3.05) is 13.1 Å². The van der Waals surface area contributed by atoms with Gasteiger partial charge in [0, 0.05) is 28.7 Å². The minimum Gasteiger partial charge on any atom is -0.473 e. The van der Waals surface area contributed by atoms with E-state index in [0.29, 0.717) is 10.4 Å². The molecule has 0 saturated carbocycles. The number of rotatable bonds is 5. The first kappa shape index (κ1) is 17.3. The molecule has 1 unspecified atom stereocenters. The Hall–Kier alpha value is -2.17. The van der Waals surface area contributed by atoms with Gasteiger partial charge in [0.15, 0.2) is 5.75 Å². The number of ether oxygens (including phenoxy) is 1. The van der Waals surface area contributed by atoms with Gasteiger partial charge in [-0.25, -0.2) is 0 Å². The van der Waals surface area contributed by atoms with Crippen LogP contribution in [-0.4, -0.2) is 30.0 Å². The second-order valence-electron chi connectivity index (χ2n) is 6.77. The lowest BCUT2D eigenvalue weighted by atomic mass is 10.1. The molecule has 0 aliphatic carbocycles. The van der Waals surface area contributed by atoms with Crippen molar-refractivity contribution in [3.05, 3.63) is 65.0 Å². The number of piperidine rings is 1. The van der Waals surface area contributed by atoms with Gasteiger partial charge in [0.05, 0.1) is 0 Å². The lowest BCUT2D eigenvalue weighted by Crippen LogP contribution is -2.40. The van der Waals surface area contributed by atoms with Gasteiger partial charge >= 0.3 is 0 Å². The molecular weight excluding hydrogens is 342 g/mol. The Morgan fingerprint density at radius 2 is 1.69 bits per heavy atom. The maximum Gasteiger partial charge on any atom is 0.206 e. The van der Waals surface area contributed by atoms with E-state index in [2.05, 4.69) is 17.9 Å². The minimum atomic E-state index is -0.0318. The number of hydrogen-bond acceptors (Lipinski definition) is 4. The molecule has 1 aliphatic rings. The molecule has 2 heterocycles. The van der Waals surface area contributed by atoms with Crippen LogP contribution < -0.4 is 4.74 Å². The standard InChI is InChI=1S/C22H23NO2S/c1-16(23-14-8-3-9-15-23)25-21-18-12-6-7-13-19(18)26-22(21)20(24)17-10-4-2-5-11-17/h2,4-7,10-13,16H,3,8-9,14-15H2,1H3. The molecule has 4 heteroatoms. The summed E-state index contributed by atoms with van der Waals surface area (Å²) in [6.45, 7) is 4.21. The Labute approximate surface area is 158 Å². The van der Waals surface area contributed by atoms with E-state index in [1.807, 2.05) is 48.5 Å². The second-order valence-corrected chi connectivity index (χ2v) is 7.82. The van der Waals surface area contributed by atoms with E-state index in [9.17, 15) is 4.79 Å². The maximum atomic E-state index is 13.1. The monoisotopic (exact) mass is 365 g/mol. The summed E-state index contributed by atoms with van der Waals surface area (Å²) in [5, 5.41) is 1.03. The minimum absolute atomic E-state index is 0.0318. The smallest absolute Gasteiger partial charge is 0.206 e. The molecule has 0 amide bonds. The predicted molar refractivity (Wildman–Crippen MR) is 107 cm³/mol. The zero-order valence-electron chi connectivity index (χ0n) is 15.0. The van der Waals surface area contributed by atoms with Gasteiger partial charge in [0.2, 0.25) is 5.78 Å². The van der Waals surface area contributed by atoms with Gasteiger partial charge in [0.25, 0.3) is 0 Å². The van der Waals surface area contributed by atoms with Crippen LogP contribution in [0.15, 0.2) is 54.6 Å². The molecule has 3 aromatic rings. The highest BCUT2D eigenvalue weighted by Gasteiger charge is 2.25. The quantitative estimate of drug-likeness (QED) is 0.571. The first-order chi connectivity index (χ1) is 12.7. The summed E-state index contributed by atoms with van der Waals surface area (Å²) in [5.41, 5.74) is 0.703. The van der Waals surface area contributed by atoms with E-state index < -0.39 is 0 Å². The number of carbonyl (C=O) groups is 1. The number of likely N-dealkylation sites (tertiary alicyclic amines) is 1. The third-order valence-corrected chi connectivity index (χ3v) is 6.14. The number of hydrogen-bond donors (Lipinski definition) is 0. The van der Waals surface area contributed by atoms with E-state index in [1.165, 1.54) is 30.6 Å². The number of carbonyl (C=O) groups excluding carboxylic acids is 1. The Kier molecular flexibility index (Phi) is 5.05. The summed E-state index contributed by atoms with van der Waals surface area (Å²) in [6, 6.07) is 17.6. The van der Waals surface area contributed by atoms with Crippen molar-refractivity contribution in [2.45, 2.75) is 32.4 Å². The summed E-state index contributed by atoms with van der Waals surface area (Å²) < 4.78 is 7.49. The summed E-state index contributed by atoms with van der Waals surface area (Å²) in [4.78, 5) is 16.2. The van der Waals surface area contributed by atoms with Crippen molar-refractivity contribution < 1.29 is 9.53 Å². The Morgan fingerprint density at radius 3 is 2.46 bits per heavy atom. The molecule has 0 N–H and O–H groups in total. The first-order valence-electron chi connectivity index (χ1n) is 9.26. The number of ketones is 1. The molecule has 1 atom stereocenters. The predicted octanol–water partition coefficient (Wildman–Crippen LogP) is 5.34. The molecule has 1 aromatic heterocycles. The fourth-order valence-electron chi connectivity index (χ4n) is 3.54. The lowest BCUT2D eigenvalue weighted by Gasteiger charge is -2.32. The van der Waals surface area contributed by atoms with E-state index in [-0.39, 0.29) is 12.0 Å². The Morgan fingerprint density at radius 1 is 1.00 bits per heavy atom. The van der Waals surface area contributed by atoms with Crippen molar-refractivity contribution in [2.24, 2.45) is 0 Å². The van der Waals surface area contributed by atoms with Gasteiger partial charge in [-0.2, -0.15) is 0 Å². The van der Waals surface area contributed by atoms with Gasteiger partial charge in [0.1, 0.15) is 11.1 Å². The third kappa shape index (κ3) is 3.39. The lowest BCUT2D eigenvalue weighted by molar-refractivity contribution is 0.0271. The summed E-state index contributed by atoms with van der Waals surface area (Å²) in [6.07, 6.45) is 3.69. The van der Waals surface area contributed by atoms with Crippen LogP contribution in [0.25, 0.3) is 10.1 Å². The van der Waals surface area contributed by atoms with Crippen molar-refractivity contribution >= 4 is 27.2 Å². The van der Waals surface area contributed by atoms with Gasteiger partial charge in [-0.05, 0) is 31.9 Å². The maximum absolute atomic E-state index is 13.1. The molecule has 0 spiro atoms. The van der Waals surface area contributed by atoms with Crippen LogP contribution in [-0.2, 0) is 0 Å². The highest BCUT2D eigenvalue weighted by Crippen LogP contribution is 2.40. The van der Waals surface area contributed by atoms with Crippen molar-refractivity contribution in [3.8, 4) is 5.75 Å². The number of thiophene rings is 1. The summed E-state index contributed by atoms with van der Waals surface area (Å²) in [5.74, 6) is 0.769. The van der Waals surface area contributed by atoms with Gasteiger partial charge in [-0.15, -0.1) is 11.3 Å². The molecule has 1 fully saturated rings. The SMILES string of the molecule is CC(Oc1c(C(=O)c2ccccc2)sc2ccccc12)N1CCCCC1. The van der Waals surface area contributed by atoms with Crippen molar-refractivity contribution in [1.29, 1.82) is 0 Å². The second kappa shape index (κ2) is 7.60. The van der Waals surface area contributed by atoms with E-state index >= 15 is 0 Å². The van der Waals surface area contributed by atoms with Crippen LogP contribution in [0.3, 0.4) is 0 Å². The van der Waals surface area contributed by atoms with E-state index in [0.717, 1.165) is 28.9 Å². The topological polar surface area (TPSA) is 29.5 Å². The summed E-state index contributed by atoms with van der Waals surface area (Å²) >= 11 is 1.52. The van der Waals surface area contributed by atoms with Crippen LogP contribution in [0.1, 0.15) is 41.4 Å². The average molecular weight is 365 g/mol. The Bertz CT molecular complexity index is 897. The molecule has 1 saturated heterocycles. The number of fused-ring (bicyclic) bond motifs is 1. The Balaban J connectivity index is 1.71. The zero-order valence-corrected chi connectivity index (χ0v) is 15.8. The van der Waals surface area contributed by atoms with Crippen LogP contribution >= 0.6 is 11.3 Å². The molecule has 3 nitrogen and oxygen atoms in total. The van der Waals surface area contributed by atoms with Crippen molar-refractivity contribution in [1.82, 2.24) is 4.90 Å². The molecule has 2 aromatic carbocycles. The molecule has 4 rings (SSSR count). The highest BCUT2D eigenvalue weighted by molar-refractivity contribution is 7.21. The molecular formula is C22H23NO2S. The van der Waals surface area contributed by atoms with Crippen LogP contribution in [0.2, 0.25) is 0 Å². The number of nitrogens with zero attached hydrogens (tertiary/aromatic N) is 1. The van der Waals surface area contributed by atoms with Crippen LogP contribution in [0.4, 0.5) is 0 Å². The molecule has 26 heavy (non-hydrogen) atoms. The third-order valence-electron chi connectivity index (χ3n) is 4.99.